The third-order valence-electron chi connectivity index (χ3n) is 11.2. The van der Waals surface area contributed by atoms with Crippen molar-refractivity contribution in [2.24, 2.45) is 11.8 Å². The van der Waals surface area contributed by atoms with E-state index in [1.165, 1.54) is 14.2 Å². The first-order valence-corrected chi connectivity index (χ1v) is 23.2. The van der Waals surface area contributed by atoms with Crippen LogP contribution in [0.25, 0.3) is 33.6 Å². The topological polar surface area (TPSA) is 184 Å². The van der Waals surface area contributed by atoms with Crippen LogP contribution in [0.2, 0.25) is 19.1 Å². The van der Waals surface area contributed by atoms with Gasteiger partial charge in [-0.1, -0.05) is 71.1 Å². The lowest BCUT2D eigenvalue weighted by Gasteiger charge is -2.30. The quantitative estimate of drug-likeness (QED) is 0.113. The van der Waals surface area contributed by atoms with Gasteiger partial charge in [-0.3, -0.25) is 9.59 Å². The van der Waals surface area contributed by atoms with Crippen LogP contribution >= 0.6 is 0 Å². The summed E-state index contributed by atoms with van der Waals surface area (Å²) in [4.78, 5) is 71.6. The number of alkyl carbamates (subject to hydrolysis) is 2. The van der Waals surface area contributed by atoms with Gasteiger partial charge in [0.2, 0.25) is 11.8 Å². The number of ether oxygens (including phenoxy) is 3. The van der Waals surface area contributed by atoms with Gasteiger partial charge in [-0.15, -0.1) is 0 Å². The Hall–Kier alpha value is -5.64. The fourth-order valence-electron chi connectivity index (χ4n) is 8.05. The minimum atomic E-state index is -1.78. The smallest absolute Gasteiger partial charge is 0.407 e. The SMILES string of the molecule is COC(=O)N[C@H](C(=O)N1CCC[C@H]1c1ncc(-c2ccc(-c3ccc(-c4cnc([C@@H]5C[Si](C)(C)CN5C(=O)[C@@H](NC(=O)OC)C(C)C)[nH]4)c(OC)c3)cc2)[nH]1)C(C)C. The van der Waals surface area contributed by atoms with E-state index in [1.54, 1.807) is 24.4 Å². The molecule has 2 aliphatic rings. The molecule has 2 fully saturated rings. The zero-order valence-corrected chi connectivity index (χ0v) is 35.8. The van der Waals surface area contributed by atoms with E-state index in [4.69, 9.17) is 19.2 Å². The molecule has 2 aromatic carbocycles. The molecule has 4 N–H and O–H groups in total. The van der Waals surface area contributed by atoms with Crippen LogP contribution in [0.5, 0.6) is 5.75 Å². The van der Waals surface area contributed by atoms with Gasteiger partial charge in [0.25, 0.3) is 0 Å². The number of benzene rings is 2. The van der Waals surface area contributed by atoms with Crippen LogP contribution in [-0.2, 0) is 19.1 Å². The zero-order chi connectivity index (χ0) is 41.9. The number of nitrogens with one attached hydrogen (secondary N) is 4. The molecule has 0 unspecified atom stereocenters. The highest BCUT2D eigenvalue weighted by atomic mass is 28.3. The van der Waals surface area contributed by atoms with E-state index in [0.717, 1.165) is 52.5 Å². The van der Waals surface area contributed by atoms with Gasteiger partial charge < -0.3 is 44.6 Å². The molecule has 16 heteroatoms. The van der Waals surface area contributed by atoms with Gasteiger partial charge in [-0.05, 0) is 59.5 Å². The number of aromatic amines is 2. The maximum absolute atomic E-state index is 13.9. The highest BCUT2D eigenvalue weighted by Crippen LogP contribution is 2.40. The molecular formula is C42H56N8O7Si. The summed E-state index contributed by atoms with van der Waals surface area (Å²) in [7, 11) is 2.44. The van der Waals surface area contributed by atoms with Crippen molar-refractivity contribution in [1.82, 2.24) is 40.4 Å². The van der Waals surface area contributed by atoms with Gasteiger partial charge in [0, 0.05) is 18.3 Å². The third-order valence-corrected chi connectivity index (χ3v) is 13.9. The third kappa shape index (κ3) is 8.91. The van der Waals surface area contributed by atoms with Crippen molar-refractivity contribution in [3.05, 3.63) is 66.5 Å². The van der Waals surface area contributed by atoms with E-state index in [9.17, 15) is 19.2 Å². The average Bonchev–Trinajstić information content (AvgIpc) is 4.04. The minimum absolute atomic E-state index is 0.114. The Morgan fingerprint density at radius 1 is 0.741 bits per heavy atom. The summed E-state index contributed by atoms with van der Waals surface area (Å²) in [6.07, 6.45) is 4.58. The molecular weight excluding hydrogens is 757 g/mol. The number of hydrogen-bond donors (Lipinski definition) is 4. The van der Waals surface area contributed by atoms with Crippen LogP contribution in [-0.4, -0.2) is 108 Å². The molecule has 310 valence electrons. The largest absolute Gasteiger partial charge is 0.496 e. The van der Waals surface area contributed by atoms with E-state index < -0.39 is 32.3 Å². The molecule has 4 amide bonds. The number of H-pyrrole nitrogens is 2. The molecule has 0 spiro atoms. The Bertz CT molecular complexity index is 2110. The summed E-state index contributed by atoms with van der Waals surface area (Å²) in [6.45, 7) is 12.7. The molecule has 0 radical (unpaired) electrons. The number of carbonyl (C=O) groups excluding carboxylic acids is 4. The molecule has 0 aliphatic carbocycles. The van der Waals surface area contributed by atoms with Crippen molar-refractivity contribution in [2.45, 2.75) is 83.8 Å². The Kier molecular flexibility index (Phi) is 12.6. The number of likely N-dealkylation sites (tertiary alicyclic amines) is 1. The number of hydrogen-bond acceptors (Lipinski definition) is 9. The van der Waals surface area contributed by atoms with Gasteiger partial charge in [-0.25, -0.2) is 19.6 Å². The first-order chi connectivity index (χ1) is 27.6. The standard InChI is InChI=1S/C42H56N8O7Si/c1-24(2)35(47-41(53)56-6)39(51)49-18-10-11-32(49)37-43-20-30(45-37)27-14-12-26(13-15-27)28-16-17-29(34(19-28)55-5)31-21-44-38(46-31)33-22-58(8,9)23-50(33)40(52)36(25(3)4)48-42(54)57-7/h12-17,19-21,24-25,32-33,35-36H,10-11,18,22-23H2,1-9H3,(H,43,45)(H,44,46)(H,47,53)(H,48,54)/t32-,33-,35-,36-/m0/s1. The molecule has 58 heavy (non-hydrogen) atoms. The molecule has 4 heterocycles. The van der Waals surface area contributed by atoms with Crippen LogP contribution in [0.15, 0.2) is 54.9 Å². The molecule has 15 nitrogen and oxygen atoms in total. The summed E-state index contributed by atoms with van der Waals surface area (Å²) < 4.78 is 15.5. The fourth-order valence-corrected chi connectivity index (χ4v) is 10.9. The van der Waals surface area contributed by atoms with E-state index in [2.05, 4.69) is 38.7 Å². The zero-order valence-electron chi connectivity index (χ0n) is 34.8. The Morgan fingerprint density at radius 3 is 1.86 bits per heavy atom. The van der Waals surface area contributed by atoms with E-state index in [0.29, 0.717) is 30.1 Å². The molecule has 0 saturated carbocycles. The number of rotatable bonds is 12. The van der Waals surface area contributed by atoms with Gasteiger partial charge in [0.05, 0.1) is 65.3 Å². The van der Waals surface area contributed by atoms with Gasteiger partial charge in [0.15, 0.2) is 0 Å². The Morgan fingerprint density at radius 2 is 1.28 bits per heavy atom. The van der Waals surface area contributed by atoms with Gasteiger partial charge in [-0.2, -0.15) is 0 Å². The maximum atomic E-state index is 13.9. The van der Waals surface area contributed by atoms with Crippen molar-refractivity contribution in [1.29, 1.82) is 0 Å². The average molecular weight is 813 g/mol. The summed E-state index contributed by atoms with van der Waals surface area (Å²) in [5.74, 6) is 1.55. The van der Waals surface area contributed by atoms with Crippen molar-refractivity contribution in [3.8, 4) is 39.4 Å². The monoisotopic (exact) mass is 812 g/mol. The van der Waals surface area contributed by atoms with E-state index >= 15 is 0 Å². The first kappa shape index (κ1) is 42.0. The van der Waals surface area contributed by atoms with Crippen LogP contribution in [0.1, 0.15) is 64.3 Å². The molecule has 2 saturated heterocycles. The number of imidazole rings is 2. The molecule has 4 aromatic rings. The molecule has 6 rings (SSSR count). The van der Waals surface area contributed by atoms with Crippen LogP contribution < -0.4 is 15.4 Å². The Balaban J connectivity index is 1.17. The lowest BCUT2D eigenvalue weighted by Crippen LogP contribution is -2.52. The van der Waals surface area contributed by atoms with Crippen molar-refractivity contribution in [2.75, 3.05) is 34.0 Å². The number of nitrogens with zero attached hydrogens (tertiary/aromatic N) is 4. The lowest BCUT2D eigenvalue weighted by molar-refractivity contribution is -0.136. The summed E-state index contributed by atoms with van der Waals surface area (Å²) in [5.41, 5.74) is 5.37. The van der Waals surface area contributed by atoms with Crippen molar-refractivity contribution >= 4 is 32.1 Å². The minimum Gasteiger partial charge on any atom is -0.496 e. The second kappa shape index (κ2) is 17.5. The molecule has 4 atom stereocenters. The highest BCUT2D eigenvalue weighted by molar-refractivity contribution is 6.78. The highest BCUT2D eigenvalue weighted by Gasteiger charge is 2.46. The second-order valence-corrected chi connectivity index (χ2v) is 21.7. The summed E-state index contributed by atoms with van der Waals surface area (Å²) >= 11 is 0. The van der Waals surface area contributed by atoms with E-state index in [-0.39, 0.29) is 35.7 Å². The predicted molar refractivity (Wildman–Crippen MR) is 222 cm³/mol. The number of carbonyl (C=O) groups is 4. The maximum Gasteiger partial charge on any atom is 0.407 e. The molecule has 0 bridgehead atoms. The number of methoxy groups -OCH3 is 3. The molecule has 2 aromatic heterocycles. The number of amides is 4. The fraction of sp³-hybridized carbons (Fsp3) is 0.476. The van der Waals surface area contributed by atoms with Crippen LogP contribution in [0.4, 0.5) is 9.59 Å². The molecule has 2 aliphatic heterocycles. The van der Waals surface area contributed by atoms with E-state index in [1.807, 2.05) is 75.1 Å². The predicted octanol–water partition coefficient (Wildman–Crippen LogP) is 6.70. The van der Waals surface area contributed by atoms with Crippen LogP contribution in [0, 0.1) is 11.8 Å². The number of aromatic nitrogens is 4. The summed E-state index contributed by atoms with van der Waals surface area (Å²) in [6, 6.07) is 13.2. The van der Waals surface area contributed by atoms with Crippen molar-refractivity contribution < 1.29 is 33.4 Å². The second-order valence-electron chi connectivity index (χ2n) is 16.6. The first-order valence-electron chi connectivity index (χ1n) is 19.8. The normalized spacial score (nSPS) is 18.6. The van der Waals surface area contributed by atoms with Crippen LogP contribution in [0.3, 0.4) is 0 Å². The van der Waals surface area contributed by atoms with Gasteiger partial charge >= 0.3 is 12.2 Å². The van der Waals surface area contributed by atoms with Crippen molar-refractivity contribution in [3.63, 3.8) is 0 Å². The Labute approximate surface area is 340 Å². The summed E-state index contributed by atoms with van der Waals surface area (Å²) in [5, 5.41) is 5.43. The lowest BCUT2D eigenvalue weighted by atomic mass is 10.0. The van der Waals surface area contributed by atoms with Gasteiger partial charge in [0.1, 0.15) is 29.5 Å².